The molecule has 0 bridgehead atoms. The van der Waals surface area contributed by atoms with Crippen LogP contribution >= 0.6 is 11.6 Å². The van der Waals surface area contributed by atoms with Crippen LogP contribution in [-0.2, 0) is 5.60 Å². The molecule has 2 rings (SSSR count). The summed E-state index contributed by atoms with van der Waals surface area (Å²) in [5.74, 6) is 1.91. The fourth-order valence-electron chi connectivity index (χ4n) is 3.70. The van der Waals surface area contributed by atoms with Gasteiger partial charge in [0.2, 0.25) is 0 Å². The molecule has 1 aliphatic rings. The lowest BCUT2D eigenvalue weighted by Crippen LogP contribution is -2.43. The molecule has 3 heteroatoms. The van der Waals surface area contributed by atoms with Gasteiger partial charge in [0.15, 0.2) is 0 Å². The van der Waals surface area contributed by atoms with Crippen LogP contribution < -0.4 is 4.74 Å². The molecule has 1 saturated carbocycles. The van der Waals surface area contributed by atoms with Crippen molar-refractivity contribution in [2.45, 2.75) is 45.6 Å². The van der Waals surface area contributed by atoms with Gasteiger partial charge in [0, 0.05) is 10.6 Å². The smallest absolute Gasteiger partial charge is 0.125 e. The first-order chi connectivity index (χ1) is 9.38. The maximum Gasteiger partial charge on any atom is 0.125 e. The number of hydrogen-bond donors (Lipinski definition) is 1. The lowest BCUT2D eigenvalue weighted by Gasteiger charge is -2.45. The van der Waals surface area contributed by atoms with Crippen molar-refractivity contribution in [2.75, 3.05) is 7.11 Å². The second-order valence-electron chi connectivity index (χ2n) is 6.51. The third-order valence-electron chi connectivity index (χ3n) is 4.68. The molecule has 1 aliphatic carbocycles. The largest absolute Gasteiger partial charge is 0.496 e. The Morgan fingerprint density at radius 2 is 2.05 bits per heavy atom. The Morgan fingerprint density at radius 3 is 2.65 bits per heavy atom. The first-order valence-corrected chi connectivity index (χ1v) is 7.82. The van der Waals surface area contributed by atoms with Crippen molar-refractivity contribution < 1.29 is 9.84 Å². The van der Waals surface area contributed by atoms with Gasteiger partial charge in [-0.05, 0) is 48.8 Å². The highest BCUT2D eigenvalue weighted by atomic mass is 35.5. The van der Waals surface area contributed by atoms with E-state index in [-0.39, 0.29) is 5.92 Å². The molecule has 0 radical (unpaired) electrons. The van der Waals surface area contributed by atoms with Gasteiger partial charge in [-0.1, -0.05) is 38.8 Å². The third-order valence-corrected chi connectivity index (χ3v) is 4.91. The van der Waals surface area contributed by atoms with Gasteiger partial charge < -0.3 is 9.84 Å². The second kappa shape index (κ2) is 5.95. The van der Waals surface area contributed by atoms with E-state index in [0.717, 1.165) is 24.2 Å². The van der Waals surface area contributed by atoms with E-state index in [2.05, 4.69) is 20.8 Å². The molecule has 1 aromatic carbocycles. The maximum absolute atomic E-state index is 11.4. The molecule has 0 amide bonds. The van der Waals surface area contributed by atoms with Crippen LogP contribution in [0.1, 0.15) is 45.6 Å². The summed E-state index contributed by atoms with van der Waals surface area (Å²) in [5.41, 5.74) is -0.0000231. The molecule has 20 heavy (non-hydrogen) atoms. The molecule has 1 N–H and O–H groups in total. The Labute approximate surface area is 127 Å². The van der Waals surface area contributed by atoms with Crippen molar-refractivity contribution in [1.82, 2.24) is 0 Å². The fourth-order valence-corrected chi connectivity index (χ4v) is 3.87. The number of hydrogen-bond acceptors (Lipinski definition) is 2. The molecular formula is C17H25ClO2. The summed E-state index contributed by atoms with van der Waals surface area (Å²) >= 11 is 6.15. The van der Waals surface area contributed by atoms with Crippen LogP contribution in [0.25, 0.3) is 0 Å². The van der Waals surface area contributed by atoms with E-state index in [1.807, 2.05) is 18.2 Å². The van der Waals surface area contributed by atoms with Crippen molar-refractivity contribution in [1.29, 1.82) is 0 Å². The third kappa shape index (κ3) is 2.82. The first-order valence-electron chi connectivity index (χ1n) is 7.45. The standard InChI is InChI=1S/C17H25ClO2/c1-11(2)14-7-5-12(3)10-17(14,19)15-9-13(18)6-8-16(15)20-4/h6,8-9,11-12,14,19H,5,7,10H2,1-4H3. The Balaban J connectivity index is 2.52. The minimum Gasteiger partial charge on any atom is -0.496 e. The molecule has 0 heterocycles. The lowest BCUT2D eigenvalue weighted by atomic mass is 9.64. The zero-order valence-corrected chi connectivity index (χ0v) is 13.6. The number of aliphatic hydroxyl groups is 1. The monoisotopic (exact) mass is 296 g/mol. The maximum atomic E-state index is 11.4. The highest BCUT2D eigenvalue weighted by molar-refractivity contribution is 6.30. The second-order valence-corrected chi connectivity index (χ2v) is 6.94. The summed E-state index contributed by atoms with van der Waals surface area (Å²) in [4.78, 5) is 0. The zero-order chi connectivity index (χ0) is 14.9. The summed E-state index contributed by atoms with van der Waals surface area (Å²) in [5, 5.41) is 12.1. The van der Waals surface area contributed by atoms with E-state index in [1.165, 1.54) is 6.42 Å². The Hall–Kier alpha value is -0.730. The molecular weight excluding hydrogens is 272 g/mol. The summed E-state index contributed by atoms with van der Waals surface area (Å²) in [6, 6.07) is 5.53. The van der Waals surface area contributed by atoms with E-state index in [0.29, 0.717) is 16.9 Å². The van der Waals surface area contributed by atoms with Gasteiger partial charge in [-0.2, -0.15) is 0 Å². The molecule has 0 saturated heterocycles. The van der Waals surface area contributed by atoms with Gasteiger partial charge in [0.25, 0.3) is 0 Å². The number of benzene rings is 1. The molecule has 1 fully saturated rings. The van der Waals surface area contributed by atoms with Gasteiger partial charge in [-0.15, -0.1) is 0 Å². The summed E-state index contributed by atoms with van der Waals surface area (Å²) in [6.45, 7) is 6.57. The average molecular weight is 297 g/mol. The zero-order valence-electron chi connectivity index (χ0n) is 12.8. The number of methoxy groups -OCH3 is 1. The van der Waals surface area contributed by atoms with Crippen LogP contribution in [0.3, 0.4) is 0 Å². The number of ether oxygens (including phenoxy) is 1. The minimum absolute atomic E-state index is 0.242. The van der Waals surface area contributed by atoms with Crippen molar-refractivity contribution in [3.05, 3.63) is 28.8 Å². The van der Waals surface area contributed by atoms with Gasteiger partial charge in [-0.25, -0.2) is 0 Å². The van der Waals surface area contributed by atoms with Crippen LogP contribution in [0.5, 0.6) is 5.75 Å². The predicted octanol–water partition coefficient (Wildman–Crippen LogP) is 4.63. The van der Waals surface area contributed by atoms with E-state index < -0.39 is 5.60 Å². The number of halogens is 1. The number of rotatable bonds is 3. The quantitative estimate of drug-likeness (QED) is 0.881. The van der Waals surface area contributed by atoms with Gasteiger partial charge in [0.05, 0.1) is 12.7 Å². The van der Waals surface area contributed by atoms with E-state index in [9.17, 15) is 5.11 Å². The molecule has 2 nitrogen and oxygen atoms in total. The van der Waals surface area contributed by atoms with Gasteiger partial charge in [-0.3, -0.25) is 0 Å². The Morgan fingerprint density at radius 1 is 1.35 bits per heavy atom. The van der Waals surface area contributed by atoms with E-state index in [1.54, 1.807) is 7.11 Å². The average Bonchev–Trinajstić information content (AvgIpc) is 2.38. The topological polar surface area (TPSA) is 29.5 Å². The van der Waals surface area contributed by atoms with Gasteiger partial charge in [0.1, 0.15) is 5.75 Å². The molecule has 3 unspecified atom stereocenters. The molecule has 0 spiro atoms. The SMILES string of the molecule is COc1ccc(Cl)cc1C1(O)CC(C)CCC1C(C)C. The predicted molar refractivity (Wildman–Crippen MR) is 83.2 cm³/mol. The first kappa shape index (κ1) is 15.7. The molecule has 0 aliphatic heterocycles. The molecule has 3 atom stereocenters. The summed E-state index contributed by atoms with van der Waals surface area (Å²) < 4.78 is 5.46. The van der Waals surface area contributed by atoms with Crippen molar-refractivity contribution in [3.8, 4) is 5.75 Å². The molecule has 1 aromatic rings. The van der Waals surface area contributed by atoms with Crippen LogP contribution in [0, 0.1) is 17.8 Å². The summed E-state index contributed by atoms with van der Waals surface area (Å²) in [7, 11) is 1.65. The van der Waals surface area contributed by atoms with Gasteiger partial charge >= 0.3 is 0 Å². The van der Waals surface area contributed by atoms with E-state index in [4.69, 9.17) is 16.3 Å². The Kier molecular flexibility index (Phi) is 4.66. The molecule has 0 aromatic heterocycles. The van der Waals surface area contributed by atoms with Crippen molar-refractivity contribution in [3.63, 3.8) is 0 Å². The van der Waals surface area contributed by atoms with Crippen molar-refractivity contribution in [2.24, 2.45) is 17.8 Å². The lowest BCUT2D eigenvalue weighted by molar-refractivity contribution is -0.0877. The minimum atomic E-state index is -0.845. The van der Waals surface area contributed by atoms with Crippen molar-refractivity contribution >= 4 is 11.6 Å². The van der Waals surface area contributed by atoms with Crippen LogP contribution in [-0.4, -0.2) is 12.2 Å². The Bertz CT molecular complexity index is 472. The highest BCUT2D eigenvalue weighted by Crippen LogP contribution is 2.50. The van der Waals surface area contributed by atoms with Crippen LogP contribution in [0.4, 0.5) is 0 Å². The highest BCUT2D eigenvalue weighted by Gasteiger charge is 2.45. The summed E-state index contributed by atoms with van der Waals surface area (Å²) in [6.07, 6.45) is 2.99. The van der Waals surface area contributed by atoms with Crippen LogP contribution in [0.15, 0.2) is 18.2 Å². The normalized spacial score (nSPS) is 30.6. The van der Waals surface area contributed by atoms with E-state index >= 15 is 0 Å². The fraction of sp³-hybridized carbons (Fsp3) is 0.647. The molecule has 112 valence electrons. The van der Waals surface area contributed by atoms with Crippen LogP contribution in [0.2, 0.25) is 5.02 Å².